The van der Waals surface area contributed by atoms with E-state index >= 15 is 0 Å². The van der Waals surface area contributed by atoms with E-state index in [2.05, 4.69) is 5.32 Å². The molecule has 1 amide bonds. The minimum absolute atomic E-state index is 0.407. The quantitative estimate of drug-likeness (QED) is 0.732. The van der Waals surface area contributed by atoms with Crippen molar-refractivity contribution in [1.29, 1.82) is 0 Å². The lowest BCUT2D eigenvalue weighted by Crippen LogP contribution is -2.13. The van der Waals surface area contributed by atoms with E-state index in [0.717, 1.165) is 0 Å². The van der Waals surface area contributed by atoms with E-state index in [1.807, 2.05) is 0 Å². The lowest BCUT2D eigenvalue weighted by molar-refractivity contribution is 0.100. The largest absolute Gasteiger partial charge is 0.387 e. The van der Waals surface area contributed by atoms with Gasteiger partial charge in [0.1, 0.15) is 0 Å². The zero-order chi connectivity index (χ0) is 9.14. The number of carbonyl (C=O) groups is 1. The average molecular weight is 185 g/mol. The number of primary amides is 1. The monoisotopic (exact) mass is 184 g/mol. The first-order chi connectivity index (χ1) is 5.65. The Bertz CT molecular complexity index is 312. The summed E-state index contributed by atoms with van der Waals surface area (Å²) >= 11 is 5.68. The molecule has 3 N–H and O–H groups in total. The van der Waals surface area contributed by atoms with Crippen molar-refractivity contribution in [2.24, 2.45) is 5.73 Å². The molecule has 0 aliphatic carbocycles. The summed E-state index contributed by atoms with van der Waals surface area (Å²) in [4.78, 5) is 10.9. The molecule has 3 nitrogen and oxygen atoms in total. The fourth-order valence-electron chi connectivity index (χ4n) is 0.938. The molecule has 1 rings (SSSR count). The maximum absolute atomic E-state index is 10.9. The second kappa shape index (κ2) is 3.45. The molecule has 1 aromatic carbocycles. The van der Waals surface area contributed by atoms with Crippen molar-refractivity contribution >= 4 is 23.2 Å². The predicted molar refractivity (Wildman–Crippen MR) is 49.5 cm³/mol. The average Bonchev–Trinajstić information content (AvgIpc) is 2.04. The molecule has 0 spiro atoms. The highest BCUT2D eigenvalue weighted by Crippen LogP contribution is 2.19. The number of anilines is 1. The zero-order valence-electron chi connectivity index (χ0n) is 6.60. The molecule has 4 heteroatoms. The Morgan fingerprint density at radius 1 is 1.58 bits per heavy atom. The molecular formula is C8H9ClN2O. The van der Waals surface area contributed by atoms with Gasteiger partial charge in [-0.1, -0.05) is 11.6 Å². The Labute approximate surface area is 75.5 Å². The Balaban J connectivity index is 3.21. The standard InChI is InChI=1S/C8H9ClN2O/c1-11-7-3-2-5(9)4-6(7)8(10)12/h2-4,11H,1H3,(H2,10,12). The van der Waals surface area contributed by atoms with Gasteiger partial charge in [0.2, 0.25) is 0 Å². The molecule has 0 aliphatic rings. The normalized spacial score (nSPS) is 9.50. The Kier molecular flexibility index (Phi) is 2.55. The first kappa shape index (κ1) is 8.87. The highest BCUT2D eigenvalue weighted by molar-refractivity contribution is 6.31. The van der Waals surface area contributed by atoms with Crippen LogP contribution >= 0.6 is 11.6 Å². The molecule has 0 saturated carbocycles. The summed E-state index contributed by atoms with van der Waals surface area (Å²) in [6, 6.07) is 4.94. The van der Waals surface area contributed by atoms with Crippen molar-refractivity contribution in [1.82, 2.24) is 0 Å². The molecule has 0 bridgehead atoms. The maximum Gasteiger partial charge on any atom is 0.250 e. The van der Waals surface area contributed by atoms with Gasteiger partial charge in [0, 0.05) is 17.8 Å². The second-order valence-electron chi connectivity index (χ2n) is 2.30. The van der Waals surface area contributed by atoms with Gasteiger partial charge < -0.3 is 11.1 Å². The maximum atomic E-state index is 10.9. The summed E-state index contributed by atoms with van der Waals surface area (Å²) < 4.78 is 0. The van der Waals surface area contributed by atoms with Gasteiger partial charge >= 0.3 is 0 Å². The van der Waals surface area contributed by atoms with Crippen LogP contribution in [0, 0.1) is 0 Å². The van der Waals surface area contributed by atoms with Crippen molar-refractivity contribution < 1.29 is 4.79 Å². The summed E-state index contributed by atoms with van der Waals surface area (Å²) in [7, 11) is 1.72. The van der Waals surface area contributed by atoms with Gasteiger partial charge in [-0.3, -0.25) is 4.79 Å². The topological polar surface area (TPSA) is 55.1 Å². The fraction of sp³-hybridized carbons (Fsp3) is 0.125. The number of amides is 1. The Morgan fingerprint density at radius 3 is 2.75 bits per heavy atom. The van der Waals surface area contributed by atoms with Crippen LogP contribution in [0.5, 0.6) is 0 Å². The van der Waals surface area contributed by atoms with Gasteiger partial charge in [-0.15, -0.1) is 0 Å². The second-order valence-corrected chi connectivity index (χ2v) is 2.74. The number of rotatable bonds is 2. The van der Waals surface area contributed by atoms with Crippen LogP contribution in [0.25, 0.3) is 0 Å². The number of benzene rings is 1. The van der Waals surface area contributed by atoms with Crippen LogP contribution in [0.4, 0.5) is 5.69 Å². The molecule has 0 aromatic heterocycles. The predicted octanol–water partition coefficient (Wildman–Crippen LogP) is 1.48. The first-order valence-electron chi connectivity index (χ1n) is 3.42. The summed E-state index contributed by atoms with van der Waals surface area (Å²) in [5, 5.41) is 3.35. The summed E-state index contributed by atoms with van der Waals surface area (Å²) in [6.07, 6.45) is 0. The molecule has 0 saturated heterocycles. The zero-order valence-corrected chi connectivity index (χ0v) is 7.35. The molecule has 0 unspecified atom stereocenters. The summed E-state index contributed by atoms with van der Waals surface area (Å²) in [6.45, 7) is 0. The van der Waals surface area contributed by atoms with Crippen molar-refractivity contribution in [3.05, 3.63) is 28.8 Å². The molecule has 0 radical (unpaired) electrons. The van der Waals surface area contributed by atoms with Crippen molar-refractivity contribution in [3.63, 3.8) is 0 Å². The number of hydrogen-bond acceptors (Lipinski definition) is 2. The van der Waals surface area contributed by atoms with E-state index in [0.29, 0.717) is 16.3 Å². The van der Waals surface area contributed by atoms with E-state index in [-0.39, 0.29) is 0 Å². The number of halogens is 1. The van der Waals surface area contributed by atoms with Crippen molar-refractivity contribution in [2.45, 2.75) is 0 Å². The van der Waals surface area contributed by atoms with Crippen molar-refractivity contribution in [2.75, 3.05) is 12.4 Å². The van der Waals surface area contributed by atoms with E-state index in [1.165, 1.54) is 6.07 Å². The van der Waals surface area contributed by atoms with Crippen molar-refractivity contribution in [3.8, 4) is 0 Å². The number of nitrogens with two attached hydrogens (primary N) is 1. The number of nitrogens with one attached hydrogen (secondary N) is 1. The SMILES string of the molecule is CNc1ccc(Cl)cc1C(N)=O. The third kappa shape index (κ3) is 1.68. The molecular weight excluding hydrogens is 176 g/mol. The minimum Gasteiger partial charge on any atom is -0.387 e. The van der Waals surface area contributed by atoms with Crippen LogP contribution in [-0.2, 0) is 0 Å². The van der Waals surface area contributed by atoms with Crippen LogP contribution in [0.1, 0.15) is 10.4 Å². The van der Waals surface area contributed by atoms with Crippen LogP contribution in [0.2, 0.25) is 5.02 Å². The lowest BCUT2D eigenvalue weighted by Gasteiger charge is -2.05. The van der Waals surface area contributed by atoms with Gasteiger partial charge in [-0.05, 0) is 18.2 Å². The highest BCUT2D eigenvalue weighted by atomic mass is 35.5. The molecule has 12 heavy (non-hydrogen) atoms. The highest BCUT2D eigenvalue weighted by Gasteiger charge is 2.06. The van der Waals surface area contributed by atoms with E-state index in [4.69, 9.17) is 17.3 Å². The molecule has 64 valence electrons. The van der Waals surface area contributed by atoms with Gasteiger partial charge in [-0.2, -0.15) is 0 Å². The van der Waals surface area contributed by atoms with E-state index in [1.54, 1.807) is 19.2 Å². The molecule has 0 atom stereocenters. The third-order valence-corrected chi connectivity index (χ3v) is 1.75. The van der Waals surface area contributed by atoms with E-state index in [9.17, 15) is 4.79 Å². The molecule has 0 heterocycles. The van der Waals surface area contributed by atoms with Gasteiger partial charge in [-0.25, -0.2) is 0 Å². The lowest BCUT2D eigenvalue weighted by atomic mass is 10.1. The minimum atomic E-state index is -0.484. The van der Waals surface area contributed by atoms with Gasteiger partial charge in [0.25, 0.3) is 5.91 Å². The van der Waals surface area contributed by atoms with Gasteiger partial charge in [0.05, 0.1) is 5.56 Å². The number of hydrogen-bond donors (Lipinski definition) is 2. The smallest absolute Gasteiger partial charge is 0.250 e. The van der Waals surface area contributed by atoms with Crippen LogP contribution in [-0.4, -0.2) is 13.0 Å². The summed E-state index contributed by atoms with van der Waals surface area (Å²) in [5.74, 6) is -0.484. The first-order valence-corrected chi connectivity index (χ1v) is 3.80. The van der Waals surface area contributed by atoms with Gasteiger partial charge in [0.15, 0.2) is 0 Å². The third-order valence-electron chi connectivity index (χ3n) is 1.52. The molecule has 0 aliphatic heterocycles. The summed E-state index contributed by atoms with van der Waals surface area (Å²) in [5.41, 5.74) is 6.22. The van der Waals surface area contributed by atoms with Crippen LogP contribution in [0.15, 0.2) is 18.2 Å². The molecule has 0 fully saturated rings. The number of carbonyl (C=O) groups excluding carboxylic acids is 1. The Hall–Kier alpha value is -1.22. The Morgan fingerprint density at radius 2 is 2.25 bits per heavy atom. The fourth-order valence-corrected chi connectivity index (χ4v) is 1.11. The van der Waals surface area contributed by atoms with Crippen LogP contribution < -0.4 is 11.1 Å². The molecule has 1 aromatic rings. The van der Waals surface area contributed by atoms with E-state index < -0.39 is 5.91 Å². The van der Waals surface area contributed by atoms with Crippen LogP contribution in [0.3, 0.4) is 0 Å².